The van der Waals surface area contributed by atoms with Crippen LogP contribution in [0.3, 0.4) is 0 Å². The van der Waals surface area contributed by atoms with E-state index < -0.39 is 0 Å². The number of aromatic nitrogens is 2. The SMILES string of the molecule is C[C@H]1c2nc3ccccc3c(=O)n2[C@H](c2ccc(O)cc2)N1c1ccc(Cl)cc1. The van der Waals surface area contributed by atoms with E-state index in [0.717, 1.165) is 11.3 Å². The Bertz CT molecular complexity index is 1270. The molecule has 0 saturated carbocycles. The van der Waals surface area contributed by atoms with E-state index in [1.807, 2.05) is 61.5 Å². The van der Waals surface area contributed by atoms with Crippen molar-refractivity contribution in [3.63, 3.8) is 0 Å². The van der Waals surface area contributed by atoms with Gasteiger partial charge in [0.25, 0.3) is 5.56 Å². The maximum atomic E-state index is 13.5. The molecule has 5 rings (SSSR count). The molecular formula is C23H18ClN3O2. The van der Waals surface area contributed by atoms with Crippen LogP contribution in [0.15, 0.2) is 77.6 Å². The molecule has 5 nitrogen and oxygen atoms in total. The Labute approximate surface area is 172 Å². The Hall–Kier alpha value is -3.31. The molecule has 2 heterocycles. The first-order valence-electron chi connectivity index (χ1n) is 9.38. The Morgan fingerprint density at radius 2 is 1.66 bits per heavy atom. The summed E-state index contributed by atoms with van der Waals surface area (Å²) in [5.74, 6) is 0.892. The average Bonchev–Trinajstić information content (AvgIpc) is 3.02. The third kappa shape index (κ3) is 2.77. The molecule has 0 bridgehead atoms. The molecule has 144 valence electrons. The number of anilines is 1. The molecule has 0 unspecified atom stereocenters. The molecule has 0 aliphatic carbocycles. The van der Waals surface area contributed by atoms with Crippen LogP contribution in [0.25, 0.3) is 10.9 Å². The van der Waals surface area contributed by atoms with Crippen molar-refractivity contribution < 1.29 is 5.11 Å². The lowest BCUT2D eigenvalue weighted by Gasteiger charge is -2.30. The lowest BCUT2D eigenvalue weighted by molar-refractivity contribution is 0.474. The number of halogens is 1. The van der Waals surface area contributed by atoms with Crippen molar-refractivity contribution in [3.8, 4) is 5.75 Å². The van der Waals surface area contributed by atoms with Crippen LogP contribution in [0.1, 0.15) is 30.5 Å². The Balaban J connectivity index is 1.80. The first-order chi connectivity index (χ1) is 14.0. The number of hydrogen-bond acceptors (Lipinski definition) is 4. The van der Waals surface area contributed by atoms with Gasteiger partial charge >= 0.3 is 0 Å². The highest BCUT2D eigenvalue weighted by atomic mass is 35.5. The van der Waals surface area contributed by atoms with Crippen LogP contribution in [-0.4, -0.2) is 14.7 Å². The van der Waals surface area contributed by atoms with Gasteiger partial charge in [0.1, 0.15) is 17.7 Å². The quantitative estimate of drug-likeness (QED) is 0.518. The van der Waals surface area contributed by atoms with E-state index >= 15 is 0 Å². The van der Waals surface area contributed by atoms with Crippen LogP contribution in [0.2, 0.25) is 5.02 Å². The molecule has 29 heavy (non-hydrogen) atoms. The molecule has 1 aliphatic rings. The second-order valence-corrected chi connectivity index (χ2v) is 7.62. The number of phenols is 1. The van der Waals surface area contributed by atoms with Crippen LogP contribution in [0.5, 0.6) is 5.75 Å². The smallest absolute Gasteiger partial charge is 0.263 e. The fraction of sp³-hybridized carbons (Fsp3) is 0.130. The van der Waals surface area contributed by atoms with Crippen molar-refractivity contribution >= 4 is 28.2 Å². The van der Waals surface area contributed by atoms with Gasteiger partial charge in [-0.15, -0.1) is 0 Å². The summed E-state index contributed by atoms with van der Waals surface area (Å²) in [6, 6.07) is 21.8. The predicted molar refractivity (Wildman–Crippen MR) is 115 cm³/mol. The van der Waals surface area contributed by atoms with Gasteiger partial charge in [0.15, 0.2) is 0 Å². The summed E-state index contributed by atoms with van der Waals surface area (Å²) in [7, 11) is 0. The van der Waals surface area contributed by atoms with Crippen molar-refractivity contribution in [1.82, 2.24) is 9.55 Å². The lowest BCUT2D eigenvalue weighted by Crippen LogP contribution is -2.32. The van der Waals surface area contributed by atoms with E-state index in [4.69, 9.17) is 16.6 Å². The summed E-state index contributed by atoms with van der Waals surface area (Å²) >= 11 is 6.10. The fourth-order valence-electron chi connectivity index (χ4n) is 4.09. The zero-order valence-electron chi connectivity index (χ0n) is 15.7. The Kier molecular flexibility index (Phi) is 4.07. The Morgan fingerprint density at radius 3 is 2.38 bits per heavy atom. The van der Waals surface area contributed by atoms with Crippen molar-refractivity contribution in [2.45, 2.75) is 19.1 Å². The van der Waals surface area contributed by atoms with Gasteiger partial charge < -0.3 is 10.0 Å². The summed E-state index contributed by atoms with van der Waals surface area (Å²) in [4.78, 5) is 20.5. The minimum absolute atomic E-state index is 0.0769. The fourth-order valence-corrected chi connectivity index (χ4v) is 4.21. The monoisotopic (exact) mass is 403 g/mol. The molecule has 2 atom stereocenters. The second kappa shape index (κ2) is 6.64. The minimum atomic E-state index is -0.383. The van der Waals surface area contributed by atoms with E-state index in [2.05, 4.69) is 4.90 Å². The van der Waals surface area contributed by atoms with Crippen LogP contribution >= 0.6 is 11.6 Å². The lowest BCUT2D eigenvalue weighted by atomic mass is 10.1. The van der Waals surface area contributed by atoms with Crippen molar-refractivity contribution in [2.24, 2.45) is 0 Å². The number of aromatic hydroxyl groups is 1. The molecule has 0 spiro atoms. The van der Waals surface area contributed by atoms with E-state index in [-0.39, 0.29) is 23.5 Å². The molecular weight excluding hydrogens is 386 g/mol. The maximum absolute atomic E-state index is 13.5. The van der Waals surface area contributed by atoms with Gasteiger partial charge in [0.05, 0.1) is 16.9 Å². The van der Waals surface area contributed by atoms with Gasteiger partial charge in [-0.1, -0.05) is 35.9 Å². The van der Waals surface area contributed by atoms with Crippen molar-refractivity contribution in [3.05, 3.63) is 99.6 Å². The first-order valence-corrected chi connectivity index (χ1v) is 9.76. The predicted octanol–water partition coefficient (Wildman–Crippen LogP) is 4.88. The number of rotatable bonds is 2. The number of phenolic OH excluding ortho intramolecular Hbond substituents is 1. The molecule has 1 N–H and O–H groups in total. The summed E-state index contributed by atoms with van der Waals surface area (Å²) < 4.78 is 1.76. The number of fused-ring (bicyclic) bond motifs is 2. The molecule has 1 aromatic heterocycles. The molecule has 0 amide bonds. The van der Waals surface area contributed by atoms with Gasteiger partial charge in [-0.2, -0.15) is 0 Å². The normalized spacial score (nSPS) is 18.2. The summed E-state index contributed by atoms with van der Waals surface area (Å²) in [6.07, 6.45) is -0.383. The number of benzene rings is 3. The number of nitrogens with zero attached hydrogens (tertiary/aromatic N) is 3. The van der Waals surface area contributed by atoms with E-state index in [1.54, 1.807) is 22.8 Å². The molecule has 0 saturated heterocycles. The summed E-state index contributed by atoms with van der Waals surface area (Å²) in [5.41, 5.74) is 2.45. The second-order valence-electron chi connectivity index (χ2n) is 7.19. The van der Waals surface area contributed by atoms with Crippen LogP contribution in [0.4, 0.5) is 5.69 Å². The molecule has 0 fully saturated rings. The number of para-hydroxylation sites is 1. The molecule has 3 aromatic carbocycles. The van der Waals surface area contributed by atoms with Gasteiger partial charge in [-0.3, -0.25) is 9.36 Å². The van der Waals surface area contributed by atoms with Gasteiger partial charge in [0.2, 0.25) is 0 Å². The summed E-state index contributed by atoms with van der Waals surface area (Å²) in [5, 5.41) is 11.0. The van der Waals surface area contributed by atoms with E-state index in [1.165, 1.54) is 0 Å². The first kappa shape index (κ1) is 17.8. The third-order valence-electron chi connectivity index (χ3n) is 5.45. The van der Waals surface area contributed by atoms with Crippen molar-refractivity contribution in [1.29, 1.82) is 0 Å². The van der Waals surface area contributed by atoms with Gasteiger partial charge in [-0.05, 0) is 61.0 Å². The molecule has 4 aromatic rings. The highest BCUT2D eigenvalue weighted by Gasteiger charge is 2.39. The largest absolute Gasteiger partial charge is 0.508 e. The highest BCUT2D eigenvalue weighted by molar-refractivity contribution is 6.30. The maximum Gasteiger partial charge on any atom is 0.263 e. The minimum Gasteiger partial charge on any atom is -0.508 e. The topological polar surface area (TPSA) is 58.4 Å². The average molecular weight is 404 g/mol. The zero-order chi connectivity index (χ0) is 20.1. The van der Waals surface area contributed by atoms with Gasteiger partial charge in [0, 0.05) is 10.7 Å². The summed E-state index contributed by atoms with van der Waals surface area (Å²) in [6.45, 7) is 2.04. The zero-order valence-corrected chi connectivity index (χ0v) is 16.4. The number of hydrogen-bond donors (Lipinski definition) is 1. The van der Waals surface area contributed by atoms with Gasteiger partial charge in [-0.25, -0.2) is 4.98 Å². The molecule has 6 heteroatoms. The standard InChI is InChI=1S/C23H18ClN3O2/c1-14-21-25-20-5-3-2-4-19(20)23(29)27(21)22(15-6-12-18(28)13-7-15)26(14)17-10-8-16(24)9-11-17/h2-14,22,28H,1H3/t14-,22+/m0/s1. The van der Waals surface area contributed by atoms with E-state index in [9.17, 15) is 9.90 Å². The molecule has 0 radical (unpaired) electrons. The Morgan fingerprint density at radius 1 is 0.966 bits per heavy atom. The molecule has 1 aliphatic heterocycles. The van der Waals surface area contributed by atoms with Crippen LogP contribution in [0, 0.1) is 0 Å². The van der Waals surface area contributed by atoms with E-state index in [0.29, 0.717) is 21.7 Å². The van der Waals surface area contributed by atoms with Crippen LogP contribution in [-0.2, 0) is 0 Å². The third-order valence-corrected chi connectivity index (χ3v) is 5.70. The van der Waals surface area contributed by atoms with Crippen molar-refractivity contribution in [2.75, 3.05) is 4.90 Å². The van der Waals surface area contributed by atoms with Crippen LogP contribution < -0.4 is 10.5 Å². The highest BCUT2D eigenvalue weighted by Crippen LogP contribution is 2.42.